The number of anilines is 1. The van der Waals surface area contributed by atoms with Gasteiger partial charge in [0.2, 0.25) is 5.91 Å². The number of carbonyl (C=O) groups excluding carboxylic acids is 2. The summed E-state index contributed by atoms with van der Waals surface area (Å²) in [5, 5.41) is 9.30. The standard InChI is InChI=1S/C27H40N4O3/c1-18-15-31(16-19(2)34-18)17-23-5-3-4-6-24(23)29-25(32)7-8-28-26(33)30-27-12-20-9-21(13-27)11-22(10-20)14-27/h3-6,18-22H,7-17H2,1-2H3,(H,29,32)(H2,28,30,33). The molecular formula is C27H40N4O3. The van der Waals surface area contributed by atoms with Crippen molar-refractivity contribution >= 4 is 17.6 Å². The summed E-state index contributed by atoms with van der Waals surface area (Å²) in [6, 6.07) is 7.85. The van der Waals surface area contributed by atoms with E-state index in [1.54, 1.807) is 0 Å². The molecule has 1 aromatic rings. The molecule has 0 spiro atoms. The van der Waals surface area contributed by atoms with E-state index in [1.165, 1.54) is 19.3 Å². The summed E-state index contributed by atoms with van der Waals surface area (Å²) in [7, 11) is 0. The first-order valence-corrected chi connectivity index (χ1v) is 13.2. The Labute approximate surface area is 203 Å². The van der Waals surface area contributed by atoms with Crippen LogP contribution in [-0.2, 0) is 16.1 Å². The zero-order chi connectivity index (χ0) is 23.7. The number of nitrogens with zero attached hydrogens (tertiary/aromatic N) is 1. The van der Waals surface area contributed by atoms with Crippen molar-refractivity contribution in [1.29, 1.82) is 0 Å². The SMILES string of the molecule is CC1CN(Cc2ccccc2NC(=O)CCNC(=O)NC23CC4CC(CC(C4)C2)C3)CC(C)O1. The number of benzene rings is 1. The topological polar surface area (TPSA) is 82.7 Å². The van der Waals surface area contributed by atoms with Crippen LogP contribution in [0.5, 0.6) is 0 Å². The number of ether oxygens (including phenoxy) is 1. The summed E-state index contributed by atoms with van der Waals surface area (Å²) in [6.45, 7) is 7.08. The molecule has 7 heteroatoms. The molecule has 2 atom stereocenters. The van der Waals surface area contributed by atoms with Crippen molar-refractivity contribution in [1.82, 2.24) is 15.5 Å². The van der Waals surface area contributed by atoms with Gasteiger partial charge in [-0.2, -0.15) is 0 Å². The van der Waals surface area contributed by atoms with Gasteiger partial charge in [0.15, 0.2) is 0 Å². The molecule has 3 N–H and O–H groups in total. The highest BCUT2D eigenvalue weighted by Gasteiger charge is 2.51. The molecule has 5 fully saturated rings. The molecule has 0 radical (unpaired) electrons. The summed E-state index contributed by atoms with van der Waals surface area (Å²) in [6.07, 6.45) is 8.13. The summed E-state index contributed by atoms with van der Waals surface area (Å²) in [5.74, 6) is 2.30. The number of urea groups is 1. The van der Waals surface area contributed by atoms with E-state index in [0.29, 0.717) is 6.54 Å². The molecule has 3 amide bonds. The van der Waals surface area contributed by atoms with Gasteiger partial charge in [0.25, 0.3) is 0 Å². The number of hydrogen-bond donors (Lipinski definition) is 3. The summed E-state index contributed by atoms with van der Waals surface area (Å²) >= 11 is 0. The predicted molar refractivity (Wildman–Crippen MR) is 132 cm³/mol. The van der Waals surface area contributed by atoms with Gasteiger partial charge in [-0.25, -0.2) is 4.79 Å². The van der Waals surface area contributed by atoms with Gasteiger partial charge in [-0.3, -0.25) is 9.69 Å². The zero-order valence-electron chi connectivity index (χ0n) is 20.6. The Balaban J connectivity index is 1.08. The number of morpholine rings is 1. The average Bonchev–Trinajstić information content (AvgIpc) is 2.73. The van der Waals surface area contributed by atoms with Crippen LogP contribution in [0, 0.1) is 17.8 Å². The molecule has 0 aromatic heterocycles. The number of nitrogens with one attached hydrogen (secondary N) is 3. The third-order valence-corrected chi connectivity index (χ3v) is 8.24. The monoisotopic (exact) mass is 468 g/mol. The molecule has 34 heavy (non-hydrogen) atoms. The number of carbonyl (C=O) groups is 2. The maximum Gasteiger partial charge on any atom is 0.315 e. The Morgan fingerprint density at radius 3 is 2.26 bits per heavy atom. The van der Waals surface area contributed by atoms with Crippen molar-refractivity contribution in [2.24, 2.45) is 17.8 Å². The van der Waals surface area contributed by atoms with E-state index in [0.717, 1.165) is 67.9 Å². The highest BCUT2D eigenvalue weighted by molar-refractivity contribution is 5.91. The Morgan fingerprint density at radius 1 is 1.00 bits per heavy atom. The van der Waals surface area contributed by atoms with Crippen LogP contribution in [0.3, 0.4) is 0 Å². The molecule has 4 aliphatic carbocycles. The van der Waals surface area contributed by atoms with E-state index in [9.17, 15) is 9.59 Å². The van der Waals surface area contributed by atoms with Crippen LogP contribution in [0.25, 0.3) is 0 Å². The third kappa shape index (κ3) is 5.57. The molecule has 7 nitrogen and oxygen atoms in total. The Morgan fingerprint density at radius 2 is 1.62 bits per heavy atom. The van der Waals surface area contributed by atoms with Crippen LogP contribution >= 0.6 is 0 Å². The molecule has 186 valence electrons. The maximum atomic E-state index is 12.6. The fraction of sp³-hybridized carbons (Fsp3) is 0.704. The van der Waals surface area contributed by atoms with E-state index in [-0.39, 0.29) is 36.1 Å². The lowest BCUT2D eigenvalue weighted by atomic mass is 9.53. The van der Waals surface area contributed by atoms with Crippen molar-refractivity contribution in [3.63, 3.8) is 0 Å². The molecule has 4 bridgehead atoms. The second-order valence-corrected chi connectivity index (χ2v) is 11.5. The van der Waals surface area contributed by atoms with Gasteiger partial charge >= 0.3 is 6.03 Å². The summed E-state index contributed by atoms with van der Waals surface area (Å²) in [4.78, 5) is 27.6. The number of rotatable bonds is 7. The van der Waals surface area contributed by atoms with E-state index in [1.807, 2.05) is 18.2 Å². The van der Waals surface area contributed by atoms with Crippen LogP contribution in [0.4, 0.5) is 10.5 Å². The summed E-state index contributed by atoms with van der Waals surface area (Å²) in [5.41, 5.74) is 1.94. The largest absolute Gasteiger partial charge is 0.373 e. The third-order valence-electron chi connectivity index (χ3n) is 8.24. The quantitative estimate of drug-likeness (QED) is 0.567. The van der Waals surface area contributed by atoms with Gasteiger partial charge in [0.1, 0.15) is 0 Å². The van der Waals surface area contributed by atoms with Crippen LogP contribution in [0.15, 0.2) is 24.3 Å². The van der Waals surface area contributed by atoms with Gasteiger partial charge in [0.05, 0.1) is 12.2 Å². The number of hydrogen-bond acceptors (Lipinski definition) is 4. The van der Waals surface area contributed by atoms with Crippen molar-refractivity contribution in [3.05, 3.63) is 29.8 Å². The first kappa shape index (κ1) is 23.6. The van der Waals surface area contributed by atoms with Crippen molar-refractivity contribution in [3.8, 4) is 0 Å². The van der Waals surface area contributed by atoms with E-state index < -0.39 is 0 Å². The Kier molecular flexibility index (Phi) is 6.85. The van der Waals surface area contributed by atoms with Crippen molar-refractivity contribution in [2.75, 3.05) is 25.0 Å². The van der Waals surface area contributed by atoms with Crippen LogP contribution < -0.4 is 16.0 Å². The van der Waals surface area contributed by atoms with Gasteiger partial charge in [-0.05, 0) is 81.8 Å². The maximum absolute atomic E-state index is 12.6. The molecule has 1 saturated heterocycles. The lowest BCUT2D eigenvalue weighted by molar-refractivity contribution is -0.116. The minimum absolute atomic E-state index is 0.00544. The van der Waals surface area contributed by atoms with Crippen LogP contribution in [0.1, 0.15) is 64.4 Å². The number of para-hydroxylation sites is 1. The van der Waals surface area contributed by atoms with Gasteiger partial charge in [-0.1, -0.05) is 18.2 Å². The van der Waals surface area contributed by atoms with Gasteiger partial charge in [-0.15, -0.1) is 0 Å². The lowest BCUT2D eigenvalue weighted by Crippen LogP contribution is -2.61. The van der Waals surface area contributed by atoms with Crippen LogP contribution in [-0.4, -0.2) is 54.2 Å². The average molecular weight is 469 g/mol. The lowest BCUT2D eigenvalue weighted by Gasteiger charge is -2.56. The fourth-order valence-electron chi connectivity index (χ4n) is 7.49. The highest BCUT2D eigenvalue weighted by atomic mass is 16.5. The smallest absolute Gasteiger partial charge is 0.315 e. The second-order valence-electron chi connectivity index (χ2n) is 11.5. The highest BCUT2D eigenvalue weighted by Crippen LogP contribution is 2.55. The van der Waals surface area contributed by atoms with Crippen molar-refractivity contribution < 1.29 is 14.3 Å². The molecule has 1 heterocycles. The fourth-order valence-corrected chi connectivity index (χ4v) is 7.49. The van der Waals surface area contributed by atoms with E-state index in [2.05, 4.69) is 40.8 Å². The molecular weight excluding hydrogens is 428 g/mol. The van der Waals surface area contributed by atoms with Gasteiger partial charge < -0.3 is 20.7 Å². The predicted octanol–water partition coefficient (Wildman–Crippen LogP) is 3.89. The Hall–Kier alpha value is -2.12. The minimum Gasteiger partial charge on any atom is -0.373 e. The first-order chi connectivity index (χ1) is 16.4. The molecule has 5 aliphatic rings. The molecule has 2 unspecified atom stereocenters. The first-order valence-electron chi connectivity index (χ1n) is 13.2. The van der Waals surface area contributed by atoms with Gasteiger partial charge in [0, 0.05) is 43.8 Å². The molecule has 6 rings (SSSR count). The minimum atomic E-state index is -0.120. The van der Waals surface area contributed by atoms with E-state index >= 15 is 0 Å². The normalized spacial score (nSPS) is 34.6. The van der Waals surface area contributed by atoms with Crippen LogP contribution in [0.2, 0.25) is 0 Å². The summed E-state index contributed by atoms with van der Waals surface area (Å²) < 4.78 is 5.84. The second kappa shape index (κ2) is 9.86. The number of amides is 3. The Bertz CT molecular complexity index is 858. The van der Waals surface area contributed by atoms with Crippen molar-refractivity contribution in [2.45, 2.75) is 83.1 Å². The zero-order valence-corrected chi connectivity index (χ0v) is 20.6. The van der Waals surface area contributed by atoms with E-state index in [4.69, 9.17) is 4.74 Å². The molecule has 1 aliphatic heterocycles. The molecule has 1 aromatic carbocycles. The molecule has 4 saturated carbocycles.